The second-order valence-corrected chi connectivity index (χ2v) is 4.67. The Bertz CT molecular complexity index is 331. The summed E-state index contributed by atoms with van der Waals surface area (Å²) in [5.74, 6) is 0. The molecule has 2 rings (SSSR count). The zero-order valence-electron chi connectivity index (χ0n) is 10.2. The van der Waals surface area contributed by atoms with Gasteiger partial charge in [0.2, 0.25) is 0 Å². The van der Waals surface area contributed by atoms with E-state index >= 15 is 0 Å². The van der Waals surface area contributed by atoms with E-state index in [2.05, 4.69) is 48.2 Å². The Morgan fingerprint density at radius 3 is 2.44 bits per heavy atom. The summed E-state index contributed by atoms with van der Waals surface area (Å²) >= 11 is 0. The van der Waals surface area contributed by atoms with E-state index in [-0.39, 0.29) is 0 Å². The molecule has 86 valence electrons. The average Bonchev–Trinajstić information content (AvgIpc) is 2.33. The fourth-order valence-corrected chi connectivity index (χ4v) is 2.16. The molecule has 1 heteroatoms. The molecule has 1 heterocycles. The third-order valence-corrected chi connectivity index (χ3v) is 3.20. The van der Waals surface area contributed by atoms with Crippen molar-refractivity contribution in [3.8, 4) is 0 Å². The minimum absolute atomic E-state index is 1.11. The molecule has 1 aliphatic rings. The molecule has 16 heavy (non-hydrogen) atoms. The first-order chi connectivity index (χ1) is 7.84. The molecule has 1 saturated heterocycles. The van der Waals surface area contributed by atoms with Gasteiger partial charge in [-0.15, -0.1) is 0 Å². The molecule has 1 fully saturated rings. The Balaban J connectivity index is 1.82. The van der Waals surface area contributed by atoms with Crippen molar-refractivity contribution in [2.24, 2.45) is 0 Å². The first kappa shape index (κ1) is 11.4. The Labute approximate surface area is 98.8 Å². The lowest BCUT2D eigenvalue weighted by Crippen LogP contribution is -2.29. The highest BCUT2D eigenvalue weighted by molar-refractivity contribution is 5.49. The SMILES string of the molecule is Cc1ccc(/C=C/CN2CCCCC2)cc1. The quantitative estimate of drug-likeness (QED) is 0.746. The van der Waals surface area contributed by atoms with E-state index in [1.165, 1.54) is 43.5 Å². The van der Waals surface area contributed by atoms with Crippen molar-refractivity contribution in [1.29, 1.82) is 0 Å². The summed E-state index contributed by atoms with van der Waals surface area (Å²) in [4.78, 5) is 2.54. The van der Waals surface area contributed by atoms with Crippen LogP contribution in [0.2, 0.25) is 0 Å². The summed E-state index contributed by atoms with van der Waals surface area (Å²) in [5.41, 5.74) is 2.63. The fourth-order valence-electron chi connectivity index (χ4n) is 2.16. The molecule has 0 atom stereocenters. The molecule has 0 saturated carbocycles. The first-order valence-corrected chi connectivity index (χ1v) is 6.30. The van der Waals surface area contributed by atoms with E-state index in [1.807, 2.05) is 0 Å². The van der Waals surface area contributed by atoms with Gasteiger partial charge in [0.15, 0.2) is 0 Å². The molecular formula is C15H21N. The molecule has 0 radical (unpaired) electrons. The molecule has 0 spiro atoms. The zero-order valence-corrected chi connectivity index (χ0v) is 10.2. The van der Waals surface area contributed by atoms with Gasteiger partial charge in [0.1, 0.15) is 0 Å². The molecule has 1 aromatic carbocycles. The van der Waals surface area contributed by atoms with Crippen molar-refractivity contribution in [3.05, 3.63) is 41.5 Å². The van der Waals surface area contributed by atoms with Crippen LogP contribution in [-0.4, -0.2) is 24.5 Å². The summed E-state index contributed by atoms with van der Waals surface area (Å²) < 4.78 is 0. The average molecular weight is 215 g/mol. The van der Waals surface area contributed by atoms with Crippen LogP contribution in [0.15, 0.2) is 30.3 Å². The topological polar surface area (TPSA) is 3.24 Å². The van der Waals surface area contributed by atoms with E-state index in [9.17, 15) is 0 Å². The highest BCUT2D eigenvalue weighted by atomic mass is 15.1. The smallest absolute Gasteiger partial charge is 0.0166 e. The van der Waals surface area contributed by atoms with Crippen LogP contribution in [0, 0.1) is 6.92 Å². The normalized spacial score (nSPS) is 18.1. The van der Waals surface area contributed by atoms with Gasteiger partial charge in [0.25, 0.3) is 0 Å². The van der Waals surface area contributed by atoms with Crippen molar-refractivity contribution in [1.82, 2.24) is 4.90 Å². The van der Waals surface area contributed by atoms with Crippen molar-refractivity contribution in [2.75, 3.05) is 19.6 Å². The zero-order chi connectivity index (χ0) is 11.2. The Morgan fingerprint density at radius 1 is 1.06 bits per heavy atom. The lowest BCUT2D eigenvalue weighted by molar-refractivity contribution is 0.252. The monoisotopic (exact) mass is 215 g/mol. The van der Waals surface area contributed by atoms with E-state index in [1.54, 1.807) is 0 Å². The molecule has 0 N–H and O–H groups in total. The highest BCUT2D eigenvalue weighted by Gasteiger charge is 2.07. The van der Waals surface area contributed by atoms with Crippen molar-refractivity contribution >= 4 is 6.08 Å². The summed E-state index contributed by atoms with van der Waals surface area (Å²) in [5, 5.41) is 0. The van der Waals surface area contributed by atoms with E-state index in [0.717, 1.165) is 6.54 Å². The lowest BCUT2D eigenvalue weighted by Gasteiger charge is -2.24. The van der Waals surface area contributed by atoms with Crippen LogP contribution in [0.3, 0.4) is 0 Å². The highest BCUT2D eigenvalue weighted by Crippen LogP contribution is 2.09. The van der Waals surface area contributed by atoms with Gasteiger partial charge in [-0.25, -0.2) is 0 Å². The molecule has 0 aromatic heterocycles. The van der Waals surface area contributed by atoms with Crippen LogP contribution < -0.4 is 0 Å². The lowest BCUT2D eigenvalue weighted by atomic mass is 10.1. The Hall–Kier alpha value is -1.08. The largest absolute Gasteiger partial charge is 0.300 e. The van der Waals surface area contributed by atoms with Crippen LogP contribution >= 0.6 is 0 Å². The first-order valence-electron chi connectivity index (χ1n) is 6.30. The van der Waals surface area contributed by atoms with E-state index < -0.39 is 0 Å². The van der Waals surface area contributed by atoms with Gasteiger partial charge in [-0.2, -0.15) is 0 Å². The van der Waals surface area contributed by atoms with Gasteiger partial charge >= 0.3 is 0 Å². The molecule has 0 bridgehead atoms. The third-order valence-electron chi connectivity index (χ3n) is 3.20. The van der Waals surface area contributed by atoms with Crippen LogP contribution in [0.25, 0.3) is 6.08 Å². The van der Waals surface area contributed by atoms with E-state index in [0.29, 0.717) is 0 Å². The number of hydrogen-bond acceptors (Lipinski definition) is 1. The molecular weight excluding hydrogens is 194 g/mol. The minimum atomic E-state index is 1.11. The molecule has 1 aliphatic heterocycles. The predicted molar refractivity (Wildman–Crippen MR) is 70.5 cm³/mol. The maximum atomic E-state index is 2.54. The summed E-state index contributed by atoms with van der Waals surface area (Å²) in [6, 6.07) is 8.70. The molecule has 1 nitrogen and oxygen atoms in total. The van der Waals surface area contributed by atoms with Gasteiger partial charge in [-0.05, 0) is 38.4 Å². The number of likely N-dealkylation sites (tertiary alicyclic amines) is 1. The maximum absolute atomic E-state index is 2.54. The van der Waals surface area contributed by atoms with Crippen molar-refractivity contribution < 1.29 is 0 Å². The van der Waals surface area contributed by atoms with Crippen LogP contribution in [-0.2, 0) is 0 Å². The van der Waals surface area contributed by atoms with Gasteiger partial charge in [-0.3, -0.25) is 4.90 Å². The summed E-state index contributed by atoms with van der Waals surface area (Å²) in [6.45, 7) is 5.78. The van der Waals surface area contributed by atoms with Gasteiger partial charge in [0, 0.05) is 6.54 Å². The third kappa shape index (κ3) is 3.49. The minimum Gasteiger partial charge on any atom is -0.300 e. The number of piperidine rings is 1. The van der Waals surface area contributed by atoms with Crippen LogP contribution in [0.1, 0.15) is 30.4 Å². The Morgan fingerprint density at radius 2 is 1.75 bits per heavy atom. The fraction of sp³-hybridized carbons (Fsp3) is 0.467. The Kier molecular flexibility index (Phi) is 4.17. The van der Waals surface area contributed by atoms with Gasteiger partial charge < -0.3 is 0 Å². The molecule has 1 aromatic rings. The van der Waals surface area contributed by atoms with Crippen LogP contribution in [0.4, 0.5) is 0 Å². The van der Waals surface area contributed by atoms with Crippen LogP contribution in [0.5, 0.6) is 0 Å². The maximum Gasteiger partial charge on any atom is 0.0166 e. The molecule has 0 aliphatic carbocycles. The van der Waals surface area contributed by atoms with Crippen molar-refractivity contribution in [2.45, 2.75) is 26.2 Å². The van der Waals surface area contributed by atoms with E-state index in [4.69, 9.17) is 0 Å². The number of hydrogen-bond donors (Lipinski definition) is 0. The van der Waals surface area contributed by atoms with Gasteiger partial charge in [-0.1, -0.05) is 48.4 Å². The summed E-state index contributed by atoms with van der Waals surface area (Å²) in [6.07, 6.45) is 8.68. The number of aryl methyl sites for hydroxylation is 1. The standard InChI is InChI=1S/C15H21N/c1-14-7-9-15(10-8-14)6-5-13-16-11-3-2-4-12-16/h5-10H,2-4,11-13H2,1H3/b6-5+. The number of benzene rings is 1. The van der Waals surface area contributed by atoms with Crippen molar-refractivity contribution in [3.63, 3.8) is 0 Å². The summed E-state index contributed by atoms with van der Waals surface area (Å²) in [7, 11) is 0. The molecule has 0 unspecified atom stereocenters. The molecule has 0 amide bonds. The number of rotatable bonds is 3. The predicted octanol–water partition coefficient (Wildman–Crippen LogP) is 3.49. The van der Waals surface area contributed by atoms with Gasteiger partial charge in [0.05, 0.1) is 0 Å². The second kappa shape index (κ2) is 5.86. The second-order valence-electron chi connectivity index (χ2n) is 4.67. The number of nitrogens with zero attached hydrogens (tertiary/aromatic N) is 1.